The fourth-order valence-corrected chi connectivity index (χ4v) is 2.80. The van der Waals surface area contributed by atoms with Gasteiger partial charge in [-0.25, -0.2) is 0 Å². The average molecular weight is 334 g/mol. The summed E-state index contributed by atoms with van der Waals surface area (Å²) in [5.74, 6) is -0.00623. The number of hydrogen-bond donors (Lipinski definition) is 1. The van der Waals surface area contributed by atoms with Crippen LogP contribution in [-0.2, 0) is 0 Å². The van der Waals surface area contributed by atoms with Crippen LogP contribution < -0.4 is 5.32 Å². The number of amides is 1. The Morgan fingerprint density at radius 3 is 2.50 bits per heavy atom. The minimum absolute atomic E-state index is 0.00623. The summed E-state index contributed by atoms with van der Waals surface area (Å²) in [6.45, 7) is 6.25. The molecule has 0 bridgehead atoms. The summed E-state index contributed by atoms with van der Waals surface area (Å²) in [7, 11) is 0. The molecule has 0 saturated heterocycles. The Hall–Kier alpha value is -1.35. The quantitative estimate of drug-likeness (QED) is 0.846. The van der Waals surface area contributed by atoms with Crippen molar-refractivity contribution in [3.8, 4) is 0 Å². The first-order valence-corrected chi connectivity index (χ1v) is 7.72. The van der Waals surface area contributed by atoms with Crippen LogP contribution in [0.5, 0.6) is 0 Å². The number of rotatable bonds is 4. The SMILES string of the molecule is CCCC(C)(C)NC(=O)c1ccc2cc(Br)ccc2c1. The smallest absolute Gasteiger partial charge is 0.251 e. The summed E-state index contributed by atoms with van der Waals surface area (Å²) in [5, 5.41) is 5.31. The number of carbonyl (C=O) groups excluding carboxylic acids is 1. The van der Waals surface area contributed by atoms with E-state index in [4.69, 9.17) is 0 Å². The van der Waals surface area contributed by atoms with E-state index in [1.54, 1.807) is 0 Å². The second-order valence-electron chi connectivity index (χ2n) is 5.79. The van der Waals surface area contributed by atoms with Crippen molar-refractivity contribution < 1.29 is 4.79 Å². The predicted octanol–water partition coefficient (Wildman–Crippen LogP) is 4.91. The number of nitrogens with one attached hydrogen (secondary N) is 1. The van der Waals surface area contributed by atoms with Crippen LogP contribution in [0.3, 0.4) is 0 Å². The van der Waals surface area contributed by atoms with Gasteiger partial charge in [0.2, 0.25) is 0 Å². The Morgan fingerprint density at radius 1 is 1.15 bits per heavy atom. The molecule has 0 fully saturated rings. The van der Waals surface area contributed by atoms with E-state index >= 15 is 0 Å². The second-order valence-corrected chi connectivity index (χ2v) is 6.71. The van der Waals surface area contributed by atoms with Gasteiger partial charge in [-0.05, 0) is 55.3 Å². The molecule has 20 heavy (non-hydrogen) atoms. The van der Waals surface area contributed by atoms with E-state index in [2.05, 4.69) is 48.1 Å². The van der Waals surface area contributed by atoms with Gasteiger partial charge in [-0.2, -0.15) is 0 Å². The zero-order valence-electron chi connectivity index (χ0n) is 12.2. The summed E-state index contributed by atoms with van der Waals surface area (Å²) >= 11 is 3.46. The van der Waals surface area contributed by atoms with E-state index in [0.717, 1.165) is 28.1 Å². The lowest BCUT2D eigenvalue weighted by Crippen LogP contribution is -2.43. The van der Waals surface area contributed by atoms with Gasteiger partial charge in [-0.15, -0.1) is 0 Å². The van der Waals surface area contributed by atoms with Crippen molar-refractivity contribution in [2.45, 2.75) is 39.2 Å². The number of benzene rings is 2. The highest BCUT2D eigenvalue weighted by molar-refractivity contribution is 9.10. The third-order valence-corrected chi connectivity index (χ3v) is 3.88. The molecule has 2 aromatic carbocycles. The van der Waals surface area contributed by atoms with Crippen LogP contribution in [0.2, 0.25) is 0 Å². The Balaban J connectivity index is 2.24. The van der Waals surface area contributed by atoms with Gasteiger partial charge in [0.15, 0.2) is 0 Å². The van der Waals surface area contributed by atoms with Gasteiger partial charge >= 0.3 is 0 Å². The minimum atomic E-state index is -0.166. The van der Waals surface area contributed by atoms with Crippen molar-refractivity contribution >= 4 is 32.6 Å². The van der Waals surface area contributed by atoms with E-state index in [-0.39, 0.29) is 11.4 Å². The molecule has 0 heterocycles. The standard InChI is InChI=1S/C17H20BrNO/c1-4-9-17(2,3)19-16(20)14-6-5-13-11-15(18)8-7-12(13)10-14/h5-8,10-11H,4,9H2,1-3H3,(H,19,20). The minimum Gasteiger partial charge on any atom is -0.347 e. The van der Waals surface area contributed by atoms with E-state index in [1.807, 2.05) is 30.3 Å². The molecule has 0 aliphatic carbocycles. The predicted molar refractivity (Wildman–Crippen MR) is 88.1 cm³/mol. The number of halogens is 1. The summed E-state index contributed by atoms with van der Waals surface area (Å²) in [5.41, 5.74) is 0.546. The van der Waals surface area contributed by atoms with Crippen molar-refractivity contribution in [2.75, 3.05) is 0 Å². The van der Waals surface area contributed by atoms with Crippen LogP contribution in [0, 0.1) is 0 Å². The number of carbonyl (C=O) groups is 1. The molecule has 0 aromatic heterocycles. The molecular formula is C17H20BrNO. The summed E-state index contributed by atoms with van der Waals surface area (Å²) < 4.78 is 1.05. The Labute approximate surface area is 128 Å². The van der Waals surface area contributed by atoms with Gasteiger partial charge in [0, 0.05) is 15.6 Å². The Bertz CT molecular complexity index is 634. The van der Waals surface area contributed by atoms with Crippen LogP contribution in [0.1, 0.15) is 44.0 Å². The molecular weight excluding hydrogens is 314 g/mol. The number of hydrogen-bond acceptors (Lipinski definition) is 1. The van der Waals surface area contributed by atoms with Crippen LogP contribution in [-0.4, -0.2) is 11.4 Å². The lowest BCUT2D eigenvalue weighted by atomic mass is 9.98. The zero-order chi connectivity index (χ0) is 14.8. The van der Waals surface area contributed by atoms with Crippen molar-refractivity contribution in [3.05, 3.63) is 46.4 Å². The van der Waals surface area contributed by atoms with Crippen molar-refractivity contribution in [2.24, 2.45) is 0 Å². The highest BCUT2D eigenvalue weighted by Gasteiger charge is 2.20. The van der Waals surface area contributed by atoms with Crippen LogP contribution in [0.4, 0.5) is 0 Å². The van der Waals surface area contributed by atoms with Gasteiger partial charge in [-0.3, -0.25) is 4.79 Å². The first-order valence-electron chi connectivity index (χ1n) is 6.93. The maximum atomic E-state index is 12.3. The van der Waals surface area contributed by atoms with Gasteiger partial charge < -0.3 is 5.32 Å². The summed E-state index contributed by atoms with van der Waals surface area (Å²) in [4.78, 5) is 12.3. The van der Waals surface area contributed by atoms with Crippen LogP contribution >= 0.6 is 15.9 Å². The second kappa shape index (κ2) is 5.96. The lowest BCUT2D eigenvalue weighted by molar-refractivity contribution is 0.0909. The van der Waals surface area contributed by atoms with Gasteiger partial charge in [0.05, 0.1) is 0 Å². The molecule has 0 unspecified atom stereocenters. The van der Waals surface area contributed by atoms with Crippen LogP contribution in [0.25, 0.3) is 10.8 Å². The van der Waals surface area contributed by atoms with E-state index in [1.165, 1.54) is 0 Å². The largest absolute Gasteiger partial charge is 0.347 e. The summed E-state index contributed by atoms with van der Waals surface area (Å²) in [6, 6.07) is 11.9. The molecule has 0 radical (unpaired) electrons. The monoisotopic (exact) mass is 333 g/mol. The number of fused-ring (bicyclic) bond motifs is 1. The molecule has 2 nitrogen and oxygen atoms in total. The van der Waals surface area contributed by atoms with Gasteiger partial charge in [-0.1, -0.05) is 41.4 Å². The van der Waals surface area contributed by atoms with E-state index in [0.29, 0.717) is 5.56 Å². The van der Waals surface area contributed by atoms with Gasteiger partial charge in [0.25, 0.3) is 5.91 Å². The first kappa shape index (κ1) is 15.0. The maximum Gasteiger partial charge on any atom is 0.251 e. The molecule has 106 valence electrons. The first-order chi connectivity index (χ1) is 9.41. The highest BCUT2D eigenvalue weighted by Crippen LogP contribution is 2.21. The molecule has 0 saturated carbocycles. The third kappa shape index (κ3) is 3.60. The van der Waals surface area contributed by atoms with Crippen LogP contribution in [0.15, 0.2) is 40.9 Å². The topological polar surface area (TPSA) is 29.1 Å². The third-order valence-electron chi connectivity index (χ3n) is 3.39. The lowest BCUT2D eigenvalue weighted by Gasteiger charge is -2.25. The van der Waals surface area contributed by atoms with Gasteiger partial charge in [0.1, 0.15) is 0 Å². The molecule has 0 aliphatic heterocycles. The normalized spacial score (nSPS) is 11.6. The maximum absolute atomic E-state index is 12.3. The van der Waals surface area contributed by atoms with E-state index < -0.39 is 0 Å². The molecule has 1 amide bonds. The zero-order valence-corrected chi connectivity index (χ0v) is 13.8. The average Bonchev–Trinajstić information content (AvgIpc) is 2.37. The Morgan fingerprint density at radius 2 is 1.80 bits per heavy atom. The van der Waals surface area contributed by atoms with Crippen molar-refractivity contribution in [3.63, 3.8) is 0 Å². The molecule has 0 atom stereocenters. The highest BCUT2D eigenvalue weighted by atomic mass is 79.9. The van der Waals surface area contributed by atoms with Crippen molar-refractivity contribution in [1.82, 2.24) is 5.32 Å². The molecule has 2 aromatic rings. The molecule has 0 spiro atoms. The summed E-state index contributed by atoms with van der Waals surface area (Å²) in [6.07, 6.45) is 2.03. The molecule has 3 heteroatoms. The van der Waals surface area contributed by atoms with E-state index in [9.17, 15) is 4.79 Å². The molecule has 0 aliphatic rings. The van der Waals surface area contributed by atoms with Crippen molar-refractivity contribution in [1.29, 1.82) is 0 Å². The Kier molecular flexibility index (Phi) is 4.48. The molecule has 1 N–H and O–H groups in total. The molecule has 2 rings (SSSR count). The fraction of sp³-hybridized carbons (Fsp3) is 0.353. The fourth-order valence-electron chi connectivity index (χ4n) is 2.42.